The van der Waals surface area contributed by atoms with Gasteiger partial charge in [0.25, 0.3) is 5.69 Å². The summed E-state index contributed by atoms with van der Waals surface area (Å²) < 4.78 is 66.5. The summed E-state index contributed by atoms with van der Waals surface area (Å²) in [5, 5.41) is 13.8. The summed E-state index contributed by atoms with van der Waals surface area (Å²) in [5.74, 6) is 0.0534. The third kappa shape index (κ3) is 7.09. The van der Waals surface area contributed by atoms with Crippen molar-refractivity contribution < 1.29 is 36.4 Å². The Bertz CT molecular complexity index is 1010. The Morgan fingerprint density at radius 1 is 1.16 bits per heavy atom. The highest BCUT2D eigenvalue weighted by atomic mass is 35.5. The fourth-order valence-electron chi connectivity index (χ4n) is 2.55. The standard InChI is InChI=1S/C19H21ClF3N2O6P/c1-3-29-32(28,4-2)30-10-9-24-16-12-14(6-7-17(16)25(26)27)31-18-8-5-13(11-15(18)20)19(21,22)23/h5-8,11-12,24H,3-4,9-10H2,1-2H3. The normalized spacial score (nSPS) is 13.4. The number of nitrogens with zero attached hydrogens (tertiary/aromatic N) is 1. The lowest BCUT2D eigenvalue weighted by atomic mass is 10.2. The van der Waals surface area contributed by atoms with Gasteiger partial charge in [0.05, 0.1) is 28.7 Å². The average molecular weight is 497 g/mol. The Labute approximate surface area is 187 Å². The fourth-order valence-corrected chi connectivity index (χ4v) is 3.97. The van der Waals surface area contributed by atoms with Crippen LogP contribution >= 0.6 is 19.2 Å². The monoisotopic (exact) mass is 496 g/mol. The van der Waals surface area contributed by atoms with Crippen molar-refractivity contribution in [3.05, 3.63) is 57.1 Å². The summed E-state index contributed by atoms with van der Waals surface area (Å²) in [6.07, 6.45) is -4.38. The Morgan fingerprint density at radius 2 is 1.88 bits per heavy atom. The Kier molecular flexibility index (Phi) is 8.91. The van der Waals surface area contributed by atoms with Crippen molar-refractivity contribution in [3.63, 3.8) is 0 Å². The average Bonchev–Trinajstić information content (AvgIpc) is 2.72. The van der Waals surface area contributed by atoms with E-state index < -0.39 is 24.3 Å². The van der Waals surface area contributed by atoms with Crippen molar-refractivity contribution in [3.8, 4) is 11.5 Å². The molecule has 0 bridgehead atoms. The summed E-state index contributed by atoms with van der Waals surface area (Å²) in [7, 11) is -3.22. The number of hydrogen-bond donors (Lipinski definition) is 1. The van der Waals surface area contributed by atoms with Gasteiger partial charge in [-0.2, -0.15) is 13.2 Å². The van der Waals surface area contributed by atoms with Gasteiger partial charge in [-0.3, -0.25) is 14.7 Å². The molecule has 0 aliphatic rings. The van der Waals surface area contributed by atoms with E-state index in [0.717, 1.165) is 18.2 Å². The molecule has 2 rings (SSSR count). The fraction of sp³-hybridized carbons (Fsp3) is 0.368. The highest BCUT2D eigenvalue weighted by Gasteiger charge is 2.31. The van der Waals surface area contributed by atoms with Crippen molar-refractivity contribution in [2.45, 2.75) is 20.0 Å². The van der Waals surface area contributed by atoms with Gasteiger partial charge in [-0.15, -0.1) is 0 Å². The van der Waals surface area contributed by atoms with Crippen LogP contribution in [0.2, 0.25) is 5.02 Å². The molecule has 32 heavy (non-hydrogen) atoms. The minimum Gasteiger partial charge on any atom is -0.456 e. The Morgan fingerprint density at radius 3 is 2.44 bits per heavy atom. The number of nitro benzene ring substituents is 1. The van der Waals surface area contributed by atoms with Crippen LogP contribution in [-0.2, 0) is 19.8 Å². The number of rotatable bonds is 11. The Hall–Kier alpha value is -2.33. The molecular weight excluding hydrogens is 476 g/mol. The lowest BCUT2D eigenvalue weighted by molar-refractivity contribution is -0.384. The first kappa shape index (κ1) is 25.9. The van der Waals surface area contributed by atoms with Crippen molar-refractivity contribution in [1.29, 1.82) is 0 Å². The molecule has 0 fully saturated rings. The maximum atomic E-state index is 12.8. The Balaban J connectivity index is 2.14. The molecule has 8 nitrogen and oxygen atoms in total. The number of nitrogens with one attached hydrogen (secondary N) is 1. The second-order valence-corrected chi connectivity index (χ2v) is 9.06. The van der Waals surface area contributed by atoms with Crippen LogP contribution in [0.4, 0.5) is 24.5 Å². The SMILES string of the molecule is CCOP(=O)(CC)OCCNc1cc(Oc2ccc(C(F)(F)F)cc2Cl)ccc1[N+](=O)[O-]. The molecule has 0 aromatic heterocycles. The number of ether oxygens (including phenoxy) is 1. The molecule has 1 N–H and O–H groups in total. The summed E-state index contributed by atoms with van der Waals surface area (Å²) in [5.41, 5.74) is -1.13. The first-order valence-electron chi connectivity index (χ1n) is 9.44. The molecule has 0 saturated carbocycles. The number of benzene rings is 2. The first-order chi connectivity index (χ1) is 15.0. The number of nitro groups is 1. The molecule has 0 radical (unpaired) electrons. The largest absolute Gasteiger partial charge is 0.456 e. The van der Waals surface area contributed by atoms with E-state index in [1.807, 2.05) is 0 Å². The van der Waals surface area contributed by atoms with E-state index in [4.69, 9.17) is 25.4 Å². The van der Waals surface area contributed by atoms with E-state index in [0.29, 0.717) is 0 Å². The van der Waals surface area contributed by atoms with Gasteiger partial charge in [-0.1, -0.05) is 18.5 Å². The van der Waals surface area contributed by atoms with Crippen LogP contribution in [-0.4, -0.2) is 30.8 Å². The molecule has 0 spiro atoms. The van der Waals surface area contributed by atoms with E-state index >= 15 is 0 Å². The highest BCUT2D eigenvalue weighted by molar-refractivity contribution is 7.53. The van der Waals surface area contributed by atoms with Crippen molar-refractivity contribution in [1.82, 2.24) is 0 Å². The van der Waals surface area contributed by atoms with Crippen LogP contribution in [0.5, 0.6) is 11.5 Å². The zero-order valence-electron chi connectivity index (χ0n) is 17.1. The second-order valence-electron chi connectivity index (χ2n) is 6.29. The van der Waals surface area contributed by atoms with Gasteiger partial charge < -0.3 is 19.1 Å². The van der Waals surface area contributed by atoms with Gasteiger partial charge in [-0.25, -0.2) is 0 Å². The van der Waals surface area contributed by atoms with Crippen LogP contribution in [0, 0.1) is 10.1 Å². The van der Waals surface area contributed by atoms with E-state index in [1.165, 1.54) is 18.2 Å². The maximum Gasteiger partial charge on any atom is 0.416 e. The van der Waals surface area contributed by atoms with Gasteiger partial charge in [0.1, 0.15) is 17.2 Å². The molecule has 176 valence electrons. The summed E-state index contributed by atoms with van der Waals surface area (Å²) >= 11 is 5.89. The first-order valence-corrected chi connectivity index (χ1v) is 11.5. The molecule has 1 atom stereocenters. The number of anilines is 1. The van der Waals surface area contributed by atoms with Crippen LogP contribution in [0.1, 0.15) is 19.4 Å². The third-order valence-corrected chi connectivity index (χ3v) is 6.37. The molecule has 0 heterocycles. The second kappa shape index (κ2) is 11.0. The van der Waals surface area contributed by atoms with E-state index in [1.54, 1.807) is 13.8 Å². The van der Waals surface area contributed by atoms with Crippen LogP contribution < -0.4 is 10.1 Å². The number of halogens is 4. The van der Waals surface area contributed by atoms with Gasteiger partial charge in [0.2, 0.25) is 0 Å². The molecule has 1 unspecified atom stereocenters. The maximum absolute atomic E-state index is 12.8. The molecule has 13 heteroatoms. The van der Waals surface area contributed by atoms with Crippen LogP contribution in [0.15, 0.2) is 36.4 Å². The summed E-state index contributed by atoms with van der Waals surface area (Å²) in [6.45, 7) is 3.58. The van der Waals surface area contributed by atoms with Crippen LogP contribution in [0.3, 0.4) is 0 Å². The van der Waals surface area contributed by atoms with E-state index in [-0.39, 0.29) is 53.8 Å². The molecular formula is C19H21ClF3N2O6P. The van der Waals surface area contributed by atoms with Crippen molar-refractivity contribution >= 4 is 30.6 Å². The predicted molar refractivity (Wildman–Crippen MR) is 114 cm³/mol. The van der Waals surface area contributed by atoms with Crippen molar-refractivity contribution in [2.75, 3.05) is 31.2 Å². The van der Waals surface area contributed by atoms with Gasteiger partial charge in [0, 0.05) is 24.8 Å². The van der Waals surface area contributed by atoms with Gasteiger partial charge in [-0.05, 0) is 31.2 Å². The van der Waals surface area contributed by atoms with E-state index in [2.05, 4.69) is 5.32 Å². The molecule has 0 aliphatic carbocycles. The van der Waals surface area contributed by atoms with Crippen LogP contribution in [0.25, 0.3) is 0 Å². The molecule has 2 aromatic rings. The smallest absolute Gasteiger partial charge is 0.416 e. The summed E-state index contributed by atoms with van der Waals surface area (Å²) in [4.78, 5) is 10.7. The minimum atomic E-state index is -4.56. The third-order valence-electron chi connectivity index (χ3n) is 4.07. The molecule has 2 aromatic carbocycles. The zero-order chi connectivity index (χ0) is 23.9. The lowest BCUT2D eigenvalue weighted by Crippen LogP contribution is -2.11. The molecule has 0 aliphatic heterocycles. The quantitative estimate of drug-likeness (QED) is 0.159. The highest BCUT2D eigenvalue weighted by Crippen LogP contribution is 2.47. The summed E-state index contributed by atoms with van der Waals surface area (Å²) in [6, 6.07) is 6.36. The lowest BCUT2D eigenvalue weighted by Gasteiger charge is -2.16. The predicted octanol–water partition coefficient (Wildman–Crippen LogP) is 6.74. The zero-order valence-corrected chi connectivity index (χ0v) is 18.8. The van der Waals surface area contributed by atoms with Gasteiger partial charge in [0.15, 0.2) is 0 Å². The van der Waals surface area contributed by atoms with Crippen molar-refractivity contribution in [2.24, 2.45) is 0 Å². The minimum absolute atomic E-state index is 0.0436. The number of hydrogen-bond acceptors (Lipinski definition) is 7. The van der Waals surface area contributed by atoms with Gasteiger partial charge >= 0.3 is 13.8 Å². The number of alkyl halides is 3. The molecule has 0 saturated heterocycles. The molecule has 0 amide bonds. The van der Waals surface area contributed by atoms with E-state index in [9.17, 15) is 27.9 Å². The topological polar surface area (TPSA) is 99.9 Å².